The Bertz CT molecular complexity index is 564. The third-order valence-corrected chi connectivity index (χ3v) is 2.63. The Morgan fingerprint density at radius 1 is 1.05 bits per heavy atom. The second-order valence-electron chi connectivity index (χ2n) is 4.10. The number of ketones is 1. The summed E-state index contributed by atoms with van der Waals surface area (Å²) in [5.41, 5.74) is 1.03. The highest BCUT2D eigenvalue weighted by Crippen LogP contribution is 2.22. The number of hydrogen-bond acceptors (Lipinski definition) is 4. The SMILES string of the molecule is O=C(COCc1ccccc1)c1cc(O)ccc1O. The number of ether oxygens (including phenoxy) is 1. The maximum Gasteiger partial charge on any atom is 0.192 e. The van der Waals surface area contributed by atoms with E-state index in [2.05, 4.69) is 0 Å². The molecular weight excluding hydrogens is 244 g/mol. The molecule has 0 radical (unpaired) electrons. The van der Waals surface area contributed by atoms with Gasteiger partial charge in [0, 0.05) is 0 Å². The Morgan fingerprint density at radius 3 is 2.53 bits per heavy atom. The number of carbonyl (C=O) groups excluding carboxylic acids is 1. The van der Waals surface area contributed by atoms with Crippen LogP contribution in [-0.4, -0.2) is 22.6 Å². The molecule has 0 aliphatic rings. The number of rotatable bonds is 5. The fraction of sp³-hybridized carbons (Fsp3) is 0.133. The lowest BCUT2D eigenvalue weighted by molar-refractivity contribution is 0.0723. The topological polar surface area (TPSA) is 66.8 Å². The van der Waals surface area contributed by atoms with Gasteiger partial charge in [-0.2, -0.15) is 0 Å². The molecule has 0 unspecified atom stereocenters. The lowest BCUT2D eigenvalue weighted by Gasteiger charge is -2.06. The summed E-state index contributed by atoms with van der Waals surface area (Å²) in [5.74, 6) is -0.598. The van der Waals surface area contributed by atoms with Crippen molar-refractivity contribution >= 4 is 5.78 Å². The van der Waals surface area contributed by atoms with Crippen LogP contribution in [0.15, 0.2) is 48.5 Å². The van der Waals surface area contributed by atoms with E-state index < -0.39 is 0 Å². The average molecular weight is 258 g/mol. The monoisotopic (exact) mass is 258 g/mol. The largest absolute Gasteiger partial charge is 0.508 e. The van der Waals surface area contributed by atoms with Gasteiger partial charge in [-0.25, -0.2) is 0 Å². The van der Waals surface area contributed by atoms with Gasteiger partial charge >= 0.3 is 0 Å². The molecule has 0 bridgehead atoms. The predicted octanol–water partition coefficient (Wildman–Crippen LogP) is 2.50. The van der Waals surface area contributed by atoms with Gasteiger partial charge in [-0.1, -0.05) is 30.3 Å². The van der Waals surface area contributed by atoms with Crippen LogP contribution in [0.1, 0.15) is 15.9 Å². The number of aromatic hydroxyl groups is 2. The maximum atomic E-state index is 11.8. The van der Waals surface area contributed by atoms with E-state index in [1.54, 1.807) is 0 Å². The molecule has 0 aliphatic carbocycles. The summed E-state index contributed by atoms with van der Waals surface area (Å²) in [6, 6.07) is 13.3. The molecule has 0 heterocycles. The summed E-state index contributed by atoms with van der Waals surface area (Å²) in [6.07, 6.45) is 0. The Labute approximate surface area is 110 Å². The van der Waals surface area contributed by atoms with Crippen molar-refractivity contribution in [2.45, 2.75) is 6.61 Å². The van der Waals surface area contributed by atoms with Gasteiger partial charge in [-0.15, -0.1) is 0 Å². The lowest BCUT2D eigenvalue weighted by Crippen LogP contribution is -2.09. The second-order valence-corrected chi connectivity index (χ2v) is 4.10. The number of carbonyl (C=O) groups is 1. The summed E-state index contributed by atoms with van der Waals surface area (Å²) >= 11 is 0. The Morgan fingerprint density at radius 2 is 1.79 bits per heavy atom. The van der Waals surface area contributed by atoms with E-state index in [0.717, 1.165) is 5.56 Å². The van der Waals surface area contributed by atoms with E-state index in [-0.39, 0.29) is 29.5 Å². The highest BCUT2D eigenvalue weighted by atomic mass is 16.5. The van der Waals surface area contributed by atoms with Crippen molar-refractivity contribution in [1.29, 1.82) is 0 Å². The van der Waals surface area contributed by atoms with Crippen LogP contribution < -0.4 is 0 Å². The van der Waals surface area contributed by atoms with E-state index in [0.29, 0.717) is 6.61 Å². The summed E-state index contributed by atoms with van der Waals surface area (Å²) in [6.45, 7) is 0.179. The molecule has 0 fully saturated rings. The van der Waals surface area contributed by atoms with Gasteiger partial charge in [0.05, 0.1) is 12.2 Å². The molecule has 2 aromatic rings. The molecule has 2 N–H and O–H groups in total. The summed E-state index contributed by atoms with van der Waals surface area (Å²) in [7, 11) is 0. The third kappa shape index (κ3) is 3.56. The molecule has 0 spiro atoms. The van der Waals surface area contributed by atoms with Gasteiger partial charge in [0.2, 0.25) is 0 Å². The van der Waals surface area contributed by atoms with Crippen molar-refractivity contribution in [3.8, 4) is 11.5 Å². The van der Waals surface area contributed by atoms with Crippen LogP contribution in [0.2, 0.25) is 0 Å². The van der Waals surface area contributed by atoms with Crippen molar-refractivity contribution in [2.24, 2.45) is 0 Å². The Hall–Kier alpha value is -2.33. The van der Waals surface area contributed by atoms with E-state index in [4.69, 9.17) is 4.74 Å². The molecule has 2 rings (SSSR count). The number of Topliss-reactive ketones (excluding diaryl/α,β-unsaturated/α-hetero) is 1. The molecule has 0 aromatic heterocycles. The zero-order valence-corrected chi connectivity index (χ0v) is 10.2. The van der Waals surface area contributed by atoms with Crippen molar-refractivity contribution in [3.05, 3.63) is 59.7 Å². The first kappa shape index (κ1) is 13.1. The Balaban J connectivity index is 1.93. The van der Waals surface area contributed by atoms with E-state index in [1.807, 2.05) is 30.3 Å². The highest BCUT2D eigenvalue weighted by Gasteiger charge is 2.12. The first-order valence-corrected chi connectivity index (χ1v) is 5.83. The highest BCUT2D eigenvalue weighted by molar-refractivity contribution is 5.99. The third-order valence-electron chi connectivity index (χ3n) is 2.63. The van der Waals surface area contributed by atoms with E-state index in [9.17, 15) is 15.0 Å². The van der Waals surface area contributed by atoms with E-state index in [1.165, 1.54) is 18.2 Å². The zero-order chi connectivity index (χ0) is 13.7. The van der Waals surface area contributed by atoms with Crippen LogP contribution in [0.25, 0.3) is 0 Å². The van der Waals surface area contributed by atoms with E-state index >= 15 is 0 Å². The van der Waals surface area contributed by atoms with Crippen LogP contribution in [0, 0.1) is 0 Å². The van der Waals surface area contributed by atoms with Crippen LogP contribution in [-0.2, 0) is 11.3 Å². The maximum absolute atomic E-state index is 11.8. The second kappa shape index (κ2) is 6.02. The Kier molecular flexibility index (Phi) is 4.15. The number of benzene rings is 2. The van der Waals surface area contributed by atoms with Crippen molar-refractivity contribution < 1.29 is 19.7 Å². The minimum absolute atomic E-state index is 0.0630. The summed E-state index contributed by atoms with van der Waals surface area (Å²) in [5, 5.41) is 18.8. The minimum Gasteiger partial charge on any atom is -0.508 e. The zero-order valence-electron chi connectivity index (χ0n) is 10.2. The first-order chi connectivity index (χ1) is 9.16. The summed E-state index contributed by atoms with van der Waals surface area (Å²) in [4.78, 5) is 11.8. The fourth-order valence-corrected chi connectivity index (χ4v) is 1.66. The number of hydrogen-bond donors (Lipinski definition) is 2. The van der Waals surface area contributed by atoms with Crippen molar-refractivity contribution in [1.82, 2.24) is 0 Å². The molecule has 4 heteroatoms. The minimum atomic E-state index is -0.371. The molecule has 0 amide bonds. The van der Waals surface area contributed by atoms with Gasteiger partial charge < -0.3 is 14.9 Å². The fourth-order valence-electron chi connectivity index (χ4n) is 1.66. The van der Waals surface area contributed by atoms with Gasteiger partial charge in [-0.3, -0.25) is 4.79 Å². The molecule has 0 saturated heterocycles. The van der Waals surface area contributed by atoms with Gasteiger partial charge in [0.15, 0.2) is 5.78 Å². The molecular formula is C15H14O4. The number of phenolic OH excluding ortho intramolecular Hbond substituents is 2. The summed E-state index contributed by atoms with van der Waals surface area (Å²) < 4.78 is 5.29. The van der Waals surface area contributed by atoms with Gasteiger partial charge in [0.25, 0.3) is 0 Å². The average Bonchev–Trinajstić information content (AvgIpc) is 2.42. The first-order valence-electron chi connectivity index (χ1n) is 5.83. The molecule has 2 aromatic carbocycles. The number of phenols is 2. The lowest BCUT2D eigenvalue weighted by atomic mass is 10.1. The van der Waals surface area contributed by atoms with Crippen LogP contribution in [0.3, 0.4) is 0 Å². The smallest absolute Gasteiger partial charge is 0.192 e. The molecule has 98 valence electrons. The molecule has 0 atom stereocenters. The standard InChI is InChI=1S/C15H14O4/c16-12-6-7-14(17)13(8-12)15(18)10-19-9-11-4-2-1-3-5-11/h1-8,16-17H,9-10H2. The molecule has 0 saturated carbocycles. The van der Waals surface area contributed by atoms with Crippen LogP contribution in [0.5, 0.6) is 11.5 Å². The van der Waals surface area contributed by atoms with Gasteiger partial charge in [-0.05, 0) is 23.8 Å². The van der Waals surface area contributed by atoms with Crippen LogP contribution in [0.4, 0.5) is 0 Å². The molecule has 4 nitrogen and oxygen atoms in total. The quantitative estimate of drug-likeness (QED) is 0.638. The molecule has 0 aliphatic heterocycles. The normalized spacial score (nSPS) is 10.3. The van der Waals surface area contributed by atoms with Crippen molar-refractivity contribution in [3.63, 3.8) is 0 Å². The van der Waals surface area contributed by atoms with Crippen LogP contribution >= 0.6 is 0 Å². The predicted molar refractivity (Wildman–Crippen MR) is 70.2 cm³/mol. The molecule has 19 heavy (non-hydrogen) atoms. The van der Waals surface area contributed by atoms with Gasteiger partial charge in [0.1, 0.15) is 18.1 Å². The van der Waals surface area contributed by atoms with Crippen molar-refractivity contribution in [2.75, 3.05) is 6.61 Å².